The molecule has 3 aliphatic carbocycles. The Labute approximate surface area is 599 Å². The van der Waals surface area contributed by atoms with Crippen LogP contribution in [0.5, 0.6) is 11.5 Å². The quantitative estimate of drug-likeness (QED) is 0.0655. The number of aliphatic hydroxyl groups excluding tert-OH is 2. The summed E-state index contributed by atoms with van der Waals surface area (Å²) in [5.74, 6) is 10.5. The fraction of sp³-hybridized carbons (Fsp3) is 0.663. The minimum absolute atomic E-state index is 0.116. The summed E-state index contributed by atoms with van der Waals surface area (Å²) in [6.07, 6.45) is 16.0. The lowest BCUT2D eigenvalue weighted by molar-refractivity contribution is -0.0688. The van der Waals surface area contributed by atoms with Gasteiger partial charge in [0.25, 0.3) is 0 Å². The van der Waals surface area contributed by atoms with E-state index in [1.165, 1.54) is 80.0 Å². The first kappa shape index (κ1) is 85.8. The maximum atomic E-state index is 10.6. The summed E-state index contributed by atoms with van der Waals surface area (Å²) in [6, 6.07) is 45.9. The minimum atomic E-state index is -0.441. The third-order valence-electron chi connectivity index (χ3n) is 22.0. The number of ether oxygens (including phenoxy) is 6. The number of benzene rings is 5. The summed E-state index contributed by atoms with van der Waals surface area (Å²) >= 11 is 0. The van der Waals surface area contributed by atoms with Crippen molar-refractivity contribution in [2.24, 2.45) is 59.2 Å². The van der Waals surface area contributed by atoms with Gasteiger partial charge in [0.15, 0.2) is 0 Å². The number of methoxy groups -OCH3 is 3. The Hall–Kier alpha value is -4.58. The second-order valence-electron chi connectivity index (χ2n) is 32.0. The third kappa shape index (κ3) is 27.6. The molecule has 9 nitrogen and oxygen atoms in total. The van der Waals surface area contributed by atoms with Crippen LogP contribution in [0.15, 0.2) is 133 Å². The molecular formula is C89H142O9. The topological polar surface area (TPSA) is 116 Å². The lowest BCUT2D eigenvalue weighted by atomic mass is 9.65. The van der Waals surface area contributed by atoms with Gasteiger partial charge in [0.1, 0.15) is 11.5 Å². The predicted octanol–water partition coefficient (Wildman–Crippen LogP) is 22.0. The van der Waals surface area contributed by atoms with E-state index in [9.17, 15) is 15.3 Å². The average molecular weight is 1360 g/mol. The van der Waals surface area contributed by atoms with Crippen LogP contribution in [0.25, 0.3) is 0 Å². The highest BCUT2D eigenvalue weighted by Gasteiger charge is 2.44. The van der Waals surface area contributed by atoms with Gasteiger partial charge < -0.3 is 43.7 Å². The van der Waals surface area contributed by atoms with Crippen LogP contribution < -0.4 is 9.47 Å². The van der Waals surface area contributed by atoms with Gasteiger partial charge in [-0.15, -0.1) is 0 Å². The molecule has 5 aliphatic rings. The van der Waals surface area contributed by atoms with E-state index >= 15 is 0 Å². The van der Waals surface area contributed by atoms with Gasteiger partial charge in [0.05, 0.1) is 62.5 Å². The Kier molecular flexibility index (Phi) is 39.2. The molecule has 10 atom stereocenters. The molecule has 0 unspecified atom stereocenters. The molecule has 552 valence electrons. The Balaban J connectivity index is 0.000000244. The highest BCUT2D eigenvalue weighted by Crippen LogP contribution is 2.47. The van der Waals surface area contributed by atoms with Crippen molar-refractivity contribution in [2.45, 2.75) is 267 Å². The molecule has 0 saturated heterocycles. The predicted molar refractivity (Wildman–Crippen MR) is 413 cm³/mol. The molecule has 0 radical (unpaired) electrons. The van der Waals surface area contributed by atoms with Crippen LogP contribution in [-0.2, 0) is 18.9 Å². The summed E-state index contributed by atoms with van der Waals surface area (Å²) in [7, 11) is 5.32. The van der Waals surface area contributed by atoms with Crippen LogP contribution in [0.4, 0.5) is 0 Å². The molecule has 3 fully saturated rings. The lowest BCUT2D eigenvalue weighted by Crippen LogP contribution is -2.45. The maximum absolute atomic E-state index is 10.6. The van der Waals surface area contributed by atoms with Crippen molar-refractivity contribution in [1.29, 1.82) is 0 Å². The van der Waals surface area contributed by atoms with Crippen molar-refractivity contribution in [3.8, 4) is 11.5 Å². The summed E-state index contributed by atoms with van der Waals surface area (Å²) in [5.41, 5.74) is 7.04. The van der Waals surface area contributed by atoms with Crippen molar-refractivity contribution in [1.82, 2.24) is 0 Å². The van der Waals surface area contributed by atoms with Gasteiger partial charge in [0.2, 0.25) is 0 Å². The fourth-order valence-corrected chi connectivity index (χ4v) is 16.0. The third-order valence-corrected chi connectivity index (χ3v) is 22.0. The number of fused-ring (bicyclic) bond motifs is 2. The summed E-state index contributed by atoms with van der Waals surface area (Å²) < 4.78 is 32.9. The summed E-state index contributed by atoms with van der Waals surface area (Å²) in [6.45, 7) is 43.5. The first-order chi connectivity index (χ1) is 46.6. The van der Waals surface area contributed by atoms with Crippen LogP contribution in [0.3, 0.4) is 0 Å². The van der Waals surface area contributed by atoms with Crippen molar-refractivity contribution in [2.75, 3.05) is 54.4 Å². The molecule has 0 spiro atoms. The molecule has 98 heavy (non-hydrogen) atoms. The summed E-state index contributed by atoms with van der Waals surface area (Å²) in [4.78, 5) is 0. The second kappa shape index (κ2) is 44.7. The Morgan fingerprint density at radius 3 is 1.38 bits per heavy atom. The fourth-order valence-electron chi connectivity index (χ4n) is 16.0. The number of aliphatic hydroxyl groups is 3. The monoisotopic (exact) mass is 1360 g/mol. The number of hydrogen-bond donors (Lipinski definition) is 3. The van der Waals surface area contributed by atoms with Crippen molar-refractivity contribution < 1.29 is 43.7 Å². The Morgan fingerprint density at radius 1 is 0.490 bits per heavy atom. The van der Waals surface area contributed by atoms with Gasteiger partial charge >= 0.3 is 0 Å². The zero-order chi connectivity index (χ0) is 72.5. The molecule has 0 aromatic heterocycles. The van der Waals surface area contributed by atoms with E-state index in [0.29, 0.717) is 79.9 Å². The van der Waals surface area contributed by atoms with E-state index in [1.54, 1.807) is 14.2 Å². The smallest absolute Gasteiger partial charge is 0.122 e. The van der Waals surface area contributed by atoms with Gasteiger partial charge in [-0.2, -0.15) is 0 Å². The molecule has 0 bridgehead atoms. The Bertz CT molecular complexity index is 2750. The number of rotatable bonds is 20. The number of hydrogen-bond acceptors (Lipinski definition) is 9. The molecule has 3 saturated carbocycles. The number of para-hydroxylation sites is 2. The van der Waals surface area contributed by atoms with E-state index in [0.717, 1.165) is 84.5 Å². The van der Waals surface area contributed by atoms with E-state index in [4.69, 9.17) is 28.4 Å². The van der Waals surface area contributed by atoms with Gasteiger partial charge in [-0.25, -0.2) is 0 Å². The molecule has 2 aliphatic heterocycles. The normalized spacial score (nSPS) is 21.6. The molecule has 10 rings (SSSR count). The van der Waals surface area contributed by atoms with Crippen LogP contribution in [0, 0.1) is 66.1 Å². The van der Waals surface area contributed by atoms with E-state index in [-0.39, 0.29) is 29.6 Å². The second-order valence-corrected chi connectivity index (χ2v) is 32.0. The molecule has 9 heteroatoms. The van der Waals surface area contributed by atoms with Crippen LogP contribution >= 0.6 is 0 Å². The molecule has 2 heterocycles. The first-order valence-electron chi connectivity index (χ1n) is 38.5. The van der Waals surface area contributed by atoms with Gasteiger partial charge in [0, 0.05) is 74.9 Å². The highest BCUT2D eigenvalue weighted by atomic mass is 16.5. The van der Waals surface area contributed by atoms with Crippen molar-refractivity contribution in [3.63, 3.8) is 0 Å². The van der Waals surface area contributed by atoms with Crippen LogP contribution in [0.2, 0.25) is 0 Å². The van der Waals surface area contributed by atoms with E-state index < -0.39 is 5.60 Å². The molecule has 0 amide bonds. The van der Waals surface area contributed by atoms with Crippen molar-refractivity contribution >= 4 is 0 Å². The maximum Gasteiger partial charge on any atom is 0.122 e. The van der Waals surface area contributed by atoms with E-state index in [2.05, 4.69) is 216 Å². The molecule has 5 aromatic rings. The number of aryl methyl sites for hydroxylation is 1. The largest absolute Gasteiger partial charge is 0.493 e. The standard InChI is InChI=1S/C15H22O.C14H22O2.C14H22O.2C13H18O2.C11H22.C9H18O/c1-11(2)14(15(16)9-4-10-15)13-7-5-12(3)6-8-13;1-12(2)14(11-16-10-9-15-3)13-7-5-4-6-8-13;1-11(2)13(14(3,4)15-5)12-9-7-6-8-10-12;2*1-9(2)13-10-5-3-4-6-12(10)15-8-7-11(13)14;1-9(2)10(3)11-7-5-4-6-8-11;1-7(2)8-5-4-6-9(8)10-3/h5-8,11,14,16H,4,9-10H2,1-3H3;4-8,12,14H,9-11H2,1-3H3;6-11,13H,1-5H3;2*3-6,9,11,13-14H,7-8H2,1-2H3;9-11H,4-8H2,1-3H3;7-9H,4-6H2,1-3H3/t2*14-;13-;11-,13+;11-,13-;10-;8-,9+/m0001000/s1. The van der Waals surface area contributed by atoms with Crippen LogP contribution in [0.1, 0.15) is 264 Å². The van der Waals surface area contributed by atoms with Crippen molar-refractivity contribution in [3.05, 3.63) is 167 Å². The SMILES string of the molecule is CC(C)[C@H](C)C1CCCCC1.CC(C)[C@H]1c2ccccc2OCC[C@@H]1O.CC(C)[C@H]1c2ccccc2OCC[C@H]1O.COC(C)(C)[C@H](c1ccccc1)C(C)C.COCCOC[C@H](c1ccccc1)C(C)C.CO[C@@H]1CCC[C@H]1C(C)C.Cc1ccc([C@H](C(C)C)C2(O)CCC2)cc1. The lowest BCUT2D eigenvalue weighted by Gasteiger charge is -2.45. The van der Waals surface area contributed by atoms with Gasteiger partial charge in [-0.1, -0.05) is 269 Å². The molecule has 3 N–H and O–H groups in total. The van der Waals surface area contributed by atoms with Gasteiger partial charge in [-0.05, 0) is 141 Å². The van der Waals surface area contributed by atoms with Crippen LogP contribution in [-0.4, -0.2) is 99.2 Å². The Morgan fingerprint density at radius 2 is 0.980 bits per heavy atom. The zero-order valence-corrected chi connectivity index (χ0v) is 65.6. The van der Waals surface area contributed by atoms with Gasteiger partial charge in [-0.3, -0.25) is 0 Å². The van der Waals surface area contributed by atoms with E-state index in [1.807, 2.05) is 49.6 Å². The average Bonchev–Trinajstić information content (AvgIpc) is 1.20. The molecular weight excluding hydrogens is 1210 g/mol. The summed E-state index contributed by atoms with van der Waals surface area (Å²) in [5, 5.41) is 30.7. The zero-order valence-electron chi connectivity index (χ0n) is 65.6. The molecule has 5 aromatic carbocycles. The highest BCUT2D eigenvalue weighted by molar-refractivity contribution is 5.39. The minimum Gasteiger partial charge on any atom is -0.493 e. The first-order valence-corrected chi connectivity index (χ1v) is 38.5.